The molecule has 24 heavy (non-hydrogen) atoms. The minimum absolute atomic E-state index is 0.0286. The molecular formula is C20H26N2O2. The van der Waals surface area contributed by atoms with Gasteiger partial charge in [-0.3, -0.25) is 4.79 Å². The van der Waals surface area contributed by atoms with Crippen molar-refractivity contribution in [1.82, 2.24) is 4.98 Å². The minimum Gasteiger partial charge on any atom is -0.491 e. The van der Waals surface area contributed by atoms with Crippen molar-refractivity contribution in [2.24, 2.45) is 5.41 Å². The number of nitrogens with one attached hydrogen (secondary N) is 1. The Labute approximate surface area is 143 Å². The van der Waals surface area contributed by atoms with Gasteiger partial charge in [-0.15, -0.1) is 0 Å². The van der Waals surface area contributed by atoms with Gasteiger partial charge in [-0.2, -0.15) is 0 Å². The fraction of sp³-hybridized carbons (Fsp3) is 0.400. The number of fused-ring (bicyclic) bond motifs is 1. The summed E-state index contributed by atoms with van der Waals surface area (Å²) in [6.07, 6.45) is 2.23. The molecule has 0 spiro atoms. The zero-order chi connectivity index (χ0) is 17.9. The van der Waals surface area contributed by atoms with Gasteiger partial charge in [0.2, 0.25) is 5.91 Å². The molecule has 128 valence electrons. The first-order valence-corrected chi connectivity index (χ1v) is 8.20. The van der Waals surface area contributed by atoms with Gasteiger partial charge in [0.15, 0.2) is 0 Å². The normalized spacial score (nSPS) is 11.6. The molecule has 1 aromatic heterocycles. The Morgan fingerprint density at radius 2 is 2.00 bits per heavy atom. The lowest BCUT2D eigenvalue weighted by Gasteiger charge is -2.17. The zero-order valence-corrected chi connectivity index (χ0v) is 15.1. The predicted molar refractivity (Wildman–Crippen MR) is 99.7 cm³/mol. The number of pyridine rings is 1. The molecule has 0 saturated heterocycles. The fourth-order valence-corrected chi connectivity index (χ4v) is 2.46. The van der Waals surface area contributed by atoms with Gasteiger partial charge in [0, 0.05) is 23.6 Å². The van der Waals surface area contributed by atoms with Crippen molar-refractivity contribution in [1.29, 1.82) is 0 Å². The Morgan fingerprint density at radius 1 is 1.29 bits per heavy atom. The molecule has 1 aromatic carbocycles. The molecule has 0 saturated carbocycles. The van der Waals surface area contributed by atoms with Gasteiger partial charge in [-0.25, -0.2) is 4.98 Å². The van der Waals surface area contributed by atoms with Crippen LogP contribution in [0.25, 0.3) is 16.5 Å². The summed E-state index contributed by atoms with van der Waals surface area (Å²) in [5.74, 6) is 1.20. The molecule has 0 radical (unpaired) electrons. The molecule has 2 rings (SSSR count). The number of benzene rings is 1. The lowest BCUT2D eigenvalue weighted by Crippen LogP contribution is -2.20. The summed E-state index contributed by atoms with van der Waals surface area (Å²) in [4.78, 5) is 16.5. The van der Waals surface area contributed by atoms with Gasteiger partial charge in [0.05, 0.1) is 6.10 Å². The third-order valence-electron chi connectivity index (χ3n) is 3.41. The number of carbonyl (C=O) groups excluding carboxylic acids is 1. The minimum atomic E-state index is -0.0617. The highest BCUT2D eigenvalue weighted by molar-refractivity contribution is 6.01. The number of aromatic nitrogens is 1. The van der Waals surface area contributed by atoms with Crippen LogP contribution in [0.2, 0.25) is 0 Å². The quantitative estimate of drug-likeness (QED) is 0.786. The van der Waals surface area contributed by atoms with E-state index in [-0.39, 0.29) is 17.4 Å². The molecule has 4 heteroatoms. The van der Waals surface area contributed by atoms with Crippen LogP contribution in [-0.4, -0.2) is 17.0 Å². The third-order valence-corrected chi connectivity index (χ3v) is 3.41. The number of nitrogens with zero attached hydrogens (tertiary/aromatic N) is 1. The summed E-state index contributed by atoms with van der Waals surface area (Å²) in [6.45, 7) is 14.0. The summed E-state index contributed by atoms with van der Waals surface area (Å²) in [6, 6.07) is 7.80. The monoisotopic (exact) mass is 326 g/mol. The molecule has 0 atom stereocenters. The van der Waals surface area contributed by atoms with E-state index in [0.29, 0.717) is 18.0 Å². The van der Waals surface area contributed by atoms with E-state index in [2.05, 4.69) is 16.9 Å². The molecule has 0 unspecified atom stereocenters. The van der Waals surface area contributed by atoms with E-state index >= 15 is 0 Å². The van der Waals surface area contributed by atoms with Crippen LogP contribution in [0.4, 0.5) is 5.82 Å². The van der Waals surface area contributed by atoms with Crippen molar-refractivity contribution in [3.63, 3.8) is 0 Å². The topological polar surface area (TPSA) is 51.2 Å². The molecule has 0 fully saturated rings. The molecule has 1 amide bonds. The average Bonchev–Trinajstić information content (AvgIpc) is 2.44. The van der Waals surface area contributed by atoms with Gasteiger partial charge in [-0.1, -0.05) is 33.4 Å². The molecule has 1 heterocycles. The average molecular weight is 326 g/mol. The first-order chi connectivity index (χ1) is 11.2. The Bertz CT molecular complexity index is 758. The number of rotatable bonds is 5. The van der Waals surface area contributed by atoms with E-state index in [1.807, 2.05) is 58.9 Å². The smallest absolute Gasteiger partial charge is 0.226 e. The van der Waals surface area contributed by atoms with E-state index in [1.165, 1.54) is 0 Å². The van der Waals surface area contributed by atoms with Crippen LogP contribution in [0, 0.1) is 5.41 Å². The number of anilines is 1. The van der Waals surface area contributed by atoms with E-state index in [0.717, 1.165) is 16.3 Å². The molecular weight excluding hydrogens is 300 g/mol. The SMILES string of the molecule is C=C(OC(C)C)c1ccc2c(NC(=O)CC(C)(C)C)nccc2c1. The summed E-state index contributed by atoms with van der Waals surface area (Å²) in [7, 11) is 0. The van der Waals surface area contributed by atoms with Gasteiger partial charge in [-0.05, 0) is 42.8 Å². The maximum absolute atomic E-state index is 12.2. The summed E-state index contributed by atoms with van der Waals surface area (Å²) >= 11 is 0. The van der Waals surface area contributed by atoms with Crippen LogP contribution < -0.4 is 5.32 Å². The fourth-order valence-electron chi connectivity index (χ4n) is 2.46. The molecule has 0 aliphatic heterocycles. The van der Waals surface area contributed by atoms with E-state index in [9.17, 15) is 4.79 Å². The Hall–Kier alpha value is -2.36. The number of hydrogen-bond donors (Lipinski definition) is 1. The van der Waals surface area contributed by atoms with Crippen molar-refractivity contribution in [3.05, 3.63) is 42.6 Å². The van der Waals surface area contributed by atoms with Crippen LogP contribution in [0.5, 0.6) is 0 Å². The van der Waals surface area contributed by atoms with Gasteiger partial charge in [0.1, 0.15) is 11.6 Å². The lowest BCUT2D eigenvalue weighted by atomic mass is 9.92. The van der Waals surface area contributed by atoms with E-state index < -0.39 is 0 Å². The summed E-state index contributed by atoms with van der Waals surface area (Å²) < 4.78 is 5.65. The Kier molecular flexibility index (Phi) is 5.27. The second-order valence-electron chi connectivity index (χ2n) is 7.47. The van der Waals surface area contributed by atoms with E-state index in [4.69, 9.17) is 4.74 Å². The van der Waals surface area contributed by atoms with Crippen molar-refractivity contribution >= 4 is 28.3 Å². The van der Waals surface area contributed by atoms with Crippen molar-refractivity contribution in [2.75, 3.05) is 5.32 Å². The second-order valence-corrected chi connectivity index (χ2v) is 7.47. The van der Waals surface area contributed by atoms with Crippen LogP contribution >= 0.6 is 0 Å². The highest BCUT2D eigenvalue weighted by Gasteiger charge is 2.17. The number of hydrogen-bond acceptors (Lipinski definition) is 3. The van der Waals surface area contributed by atoms with Crippen molar-refractivity contribution < 1.29 is 9.53 Å². The highest BCUT2D eigenvalue weighted by Crippen LogP contribution is 2.27. The number of amides is 1. The summed E-state index contributed by atoms with van der Waals surface area (Å²) in [5, 5.41) is 4.81. The number of ether oxygens (including phenoxy) is 1. The zero-order valence-electron chi connectivity index (χ0n) is 15.1. The lowest BCUT2D eigenvalue weighted by molar-refractivity contribution is -0.117. The van der Waals surface area contributed by atoms with Crippen LogP contribution in [-0.2, 0) is 9.53 Å². The standard InChI is InChI=1S/C20H26N2O2/c1-13(2)24-14(3)15-7-8-17-16(11-15)9-10-21-19(17)22-18(23)12-20(4,5)6/h7-11,13H,3,12H2,1-2,4-6H3,(H,21,22,23). The highest BCUT2D eigenvalue weighted by atomic mass is 16.5. The molecule has 2 aromatic rings. The molecule has 0 bridgehead atoms. The molecule has 4 nitrogen and oxygen atoms in total. The van der Waals surface area contributed by atoms with Crippen LogP contribution in [0.1, 0.15) is 46.6 Å². The first kappa shape index (κ1) is 18.0. The molecule has 1 N–H and O–H groups in total. The van der Waals surface area contributed by atoms with Crippen LogP contribution in [0.3, 0.4) is 0 Å². The maximum atomic E-state index is 12.2. The molecule has 0 aliphatic rings. The predicted octanol–water partition coefficient (Wildman–Crippen LogP) is 5.01. The van der Waals surface area contributed by atoms with Gasteiger partial charge in [0.25, 0.3) is 0 Å². The summed E-state index contributed by atoms with van der Waals surface area (Å²) in [5.41, 5.74) is 0.864. The maximum Gasteiger partial charge on any atom is 0.226 e. The van der Waals surface area contributed by atoms with Crippen molar-refractivity contribution in [3.8, 4) is 0 Å². The third kappa shape index (κ3) is 4.82. The largest absolute Gasteiger partial charge is 0.491 e. The molecule has 0 aliphatic carbocycles. The van der Waals surface area contributed by atoms with Gasteiger partial charge < -0.3 is 10.1 Å². The first-order valence-electron chi connectivity index (χ1n) is 8.20. The van der Waals surface area contributed by atoms with E-state index in [1.54, 1.807) is 6.20 Å². The van der Waals surface area contributed by atoms with Gasteiger partial charge >= 0.3 is 0 Å². The van der Waals surface area contributed by atoms with Crippen molar-refractivity contribution in [2.45, 2.75) is 47.1 Å². The second kappa shape index (κ2) is 7.04. The van der Waals surface area contributed by atoms with Crippen LogP contribution in [0.15, 0.2) is 37.0 Å². The number of carbonyl (C=O) groups is 1. The Morgan fingerprint density at radius 3 is 2.62 bits per heavy atom. The Balaban J connectivity index is 2.27.